The second kappa shape index (κ2) is 7.44. The summed E-state index contributed by atoms with van der Waals surface area (Å²) >= 11 is 0. The third kappa shape index (κ3) is 3.12. The summed E-state index contributed by atoms with van der Waals surface area (Å²) in [7, 11) is 0. The van der Waals surface area contributed by atoms with E-state index in [-0.39, 0.29) is 5.60 Å². The molecule has 0 amide bonds. The van der Waals surface area contributed by atoms with Gasteiger partial charge in [-0.15, -0.1) is 0 Å². The van der Waals surface area contributed by atoms with Crippen LogP contribution in [0, 0.1) is 0 Å². The number of hydrogen-bond acceptors (Lipinski definition) is 2. The van der Waals surface area contributed by atoms with Crippen LogP contribution in [-0.2, 0) is 12.0 Å². The number of hydrogen-bond donors (Lipinski definition) is 0. The molecule has 0 bridgehead atoms. The maximum atomic E-state index is 6.68. The Bertz CT molecular complexity index is 923. The summed E-state index contributed by atoms with van der Waals surface area (Å²) in [5.41, 5.74) is 3.92. The highest BCUT2D eigenvalue weighted by Crippen LogP contribution is 2.54. The Labute approximate surface area is 167 Å². The summed E-state index contributed by atoms with van der Waals surface area (Å²) in [5.74, 6) is 1.47. The molecule has 0 saturated carbocycles. The van der Waals surface area contributed by atoms with Gasteiger partial charge in [0, 0.05) is 31.0 Å². The first kappa shape index (κ1) is 17.5. The van der Waals surface area contributed by atoms with E-state index in [0.29, 0.717) is 5.92 Å². The lowest BCUT2D eigenvalue weighted by Crippen LogP contribution is -2.49. The number of likely N-dealkylation sites (tertiary alicyclic amines) is 1. The van der Waals surface area contributed by atoms with Gasteiger partial charge in [0.25, 0.3) is 0 Å². The zero-order chi connectivity index (χ0) is 18.8. The fourth-order valence-corrected chi connectivity index (χ4v) is 5.00. The summed E-state index contributed by atoms with van der Waals surface area (Å²) < 4.78 is 6.68. The highest BCUT2D eigenvalue weighted by atomic mass is 16.5. The van der Waals surface area contributed by atoms with Crippen LogP contribution >= 0.6 is 0 Å². The van der Waals surface area contributed by atoms with E-state index in [2.05, 4.69) is 89.8 Å². The van der Waals surface area contributed by atoms with E-state index in [4.69, 9.17) is 4.74 Å². The maximum absolute atomic E-state index is 6.68. The summed E-state index contributed by atoms with van der Waals surface area (Å²) in [5, 5.41) is 0. The zero-order valence-corrected chi connectivity index (χ0v) is 16.3. The quantitative estimate of drug-likeness (QED) is 0.597. The van der Waals surface area contributed by atoms with Crippen LogP contribution in [0.3, 0.4) is 0 Å². The number of para-hydroxylation sites is 1. The number of nitrogens with zero attached hydrogens (tertiary/aromatic N) is 1. The van der Waals surface area contributed by atoms with Crippen molar-refractivity contribution in [1.82, 2.24) is 4.90 Å². The number of rotatable bonds is 5. The number of ether oxygens (including phenoxy) is 1. The molecule has 0 radical (unpaired) electrons. The number of piperidine rings is 1. The Morgan fingerprint density at radius 2 is 1.57 bits per heavy atom. The van der Waals surface area contributed by atoms with E-state index in [0.717, 1.165) is 38.2 Å². The highest BCUT2D eigenvalue weighted by molar-refractivity contribution is 5.47. The molecule has 3 aromatic carbocycles. The molecule has 1 saturated heterocycles. The van der Waals surface area contributed by atoms with Crippen molar-refractivity contribution in [2.24, 2.45) is 0 Å². The van der Waals surface area contributed by atoms with Gasteiger partial charge in [-0.25, -0.2) is 0 Å². The molecule has 2 aliphatic heterocycles. The monoisotopic (exact) mass is 369 g/mol. The maximum Gasteiger partial charge on any atom is 0.143 e. The van der Waals surface area contributed by atoms with E-state index in [1.54, 1.807) is 0 Å². The van der Waals surface area contributed by atoms with Gasteiger partial charge in [-0.2, -0.15) is 0 Å². The van der Waals surface area contributed by atoms with Gasteiger partial charge < -0.3 is 9.64 Å². The first-order chi connectivity index (χ1) is 13.9. The molecule has 2 heterocycles. The molecule has 2 nitrogen and oxygen atoms in total. The third-order valence-electron chi connectivity index (χ3n) is 6.43. The largest absolute Gasteiger partial charge is 0.482 e. The van der Waals surface area contributed by atoms with Gasteiger partial charge in [0.2, 0.25) is 0 Å². The summed E-state index contributed by atoms with van der Waals surface area (Å²) in [6, 6.07) is 30.3. The topological polar surface area (TPSA) is 12.5 Å². The van der Waals surface area contributed by atoms with Crippen LogP contribution in [0.25, 0.3) is 0 Å². The molecule has 28 heavy (non-hydrogen) atoms. The van der Waals surface area contributed by atoms with Crippen molar-refractivity contribution in [1.29, 1.82) is 0 Å². The highest BCUT2D eigenvalue weighted by Gasteiger charge is 2.52. The summed E-state index contributed by atoms with van der Waals surface area (Å²) in [6.07, 6.45) is 3.40. The number of benzene rings is 3. The van der Waals surface area contributed by atoms with Crippen molar-refractivity contribution in [3.8, 4) is 5.75 Å². The van der Waals surface area contributed by atoms with Crippen LogP contribution < -0.4 is 4.74 Å². The average molecular weight is 370 g/mol. The van der Waals surface area contributed by atoms with Crippen molar-refractivity contribution in [2.75, 3.05) is 19.6 Å². The molecule has 0 N–H and O–H groups in total. The Morgan fingerprint density at radius 3 is 2.39 bits per heavy atom. The smallest absolute Gasteiger partial charge is 0.143 e. The molecule has 3 aromatic rings. The van der Waals surface area contributed by atoms with Crippen molar-refractivity contribution in [3.05, 3.63) is 102 Å². The first-order valence-electron chi connectivity index (χ1n) is 10.4. The van der Waals surface area contributed by atoms with Crippen LogP contribution in [0.4, 0.5) is 0 Å². The van der Waals surface area contributed by atoms with Crippen LogP contribution in [0.1, 0.15) is 35.4 Å². The summed E-state index contributed by atoms with van der Waals surface area (Å²) in [4.78, 5) is 2.64. The van der Waals surface area contributed by atoms with E-state index in [1.165, 1.54) is 23.1 Å². The van der Waals surface area contributed by atoms with Gasteiger partial charge in [0.1, 0.15) is 11.4 Å². The molecule has 2 atom stereocenters. The lowest BCUT2D eigenvalue weighted by molar-refractivity contribution is -0.000377. The third-order valence-corrected chi connectivity index (χ3v) is 6.43. The lowest BCUT2D eigenvalue weighted by atomic mass is 9.74. The molecule has 0 spiro atoms. The average Bonchev–Trinajstić information content (AvgIpc) is 3.10. The van der Waals surface area contributed by atoms with Gasteiger partial charge in [0.15, 0.2) is 0 Å². The standard InChI is InChI=1S/C26H27NO/c1-3-10-21(11-4-1)12-9-18-27-19-17-26(22-13-5-2-6-14-22)24(20-27)23-15-7-8-16-25(23)28-26/h1-8,10-11,13-16,24H,9,12,17-20H2. The molecule has 2 unspecified atom stereocenters. The van der Waals surface area contributed by atoms with Crippen LogP contribution in [0.15, 0.2) is 84.9 Å². The Hall–Kier alpha value is -2.58. The minimum absolute atomic E-state index is 0.207. The fraction of sp³-hybridized carbons (Fsp3) is 0.308. The van der Waals surface area contributed by atoms with Crippen LogP contribution in [0.5, 0.6) is 5.75 Å². The normalized spacial score (nSPS) is 23.6. The Morgan fingerprint density at radius 1 is 0.857 bits per heavy atom. The second-order valence-corrected chi connectivity index (χ2v) is 8.09. The molecule has 1 fully saturated rings. The van der Waals surface area contributed by atoms with E-state index in [9.17, 15) is 0 Å². The minimum Gasteiger partial charge on any atom is -0.482 e. The van der Waals surface area contributed by atoms with Crippen LogP contribution in [0.2, 0.25) is 0 Å². The molecule has 0 aromatic heterocycles. The molecule has 5 rings (SSSR count). The van der Waals surface area contributed by atoms with Crippen molar-refractivity contribution >= 4 is 0 Å². The van der Waals surface area contributed by atoms with Crippen molar-refractivity contribution < 1.29 is 4.74 Å². The molecular weight excluding hydrogens is 342 g/mol. The molecule has 142 valence electrons. The minimum atomic E-state index is -0.207. The molecule has 2 heteroatoms. The van der Waals surface area contributed by atoms with Crippen molar-refractivity contribution in [3.63, 3.8) is 0 Å². The first-order valence-corrected chi connectivity index (χ1v) is 10.4. The predicted molar refractivity (Wildman–Crippen MR) is 114 cm³/mol. The Kier molecular flexibility index (Phi) is 4.66. The SMILES string of the molecule is c1ccc(CCCN2CCC3(c4ccccc4)Oc4ccccc4C3C2)cc1. The fourth-order valence-electron chi connectivity index (χ4n) is 5.00. The van der Waals surface area contributed by atoms with E-state index < -0.39 is 0 Å². The van der Waals surface area contributed by atoms with Crippen molar-refractivity contribution in [2.45, 2.75) is 30.8 Å². The van der Waals surface area contributed by atoms with Gasteiger partial charge in [0.05, 0.1) is 0 Å². The van der Waals surface area contributed by atoms with Crippen LogP contribution in [-0.4, -0.2) is 24.5 Å². The Balaban J connectivity index is 1.35. The molecule has 0 aliphatic carbocycles. The molecular formula is C26H27NO. The van der Waals surface area contributed by atoms with E-state index >= 15 is 0 Å². The van der Waals surface area contributed by atoms with Gasteiger partial charge >= 0.3 is 0 Å². The lowest BCUT2D eigenvalue weighted by Gasteiger charge is -2.43. The number of fused-ring (bicyclic) bond motifs is 3. The van der Waals surface area contributed by atoms with Gasteiger partial charge in [-0.3, -0.25) is 0 Å². The molecule has 2 aliphatic rings. The summed E-state index contributed by atoms with van der Waals surface area (Å²) in [6.45, 7) is 3.31. The second-order valence-electron chi connectivity index (χ2n) is 8.09. The zero-order valence-electron chi connectivity index (χ0n) is 16.3. The van der Waals surface area contributed by atoms with Gasteiger partial charge in [-0.1, -0.05) is 78.9 Å². The van der Waals surface area contributed by atoms with E-state index in [1.807, 2.05) is 0 Å². The van der Waals surface area contributed by atoms with Gasteiger partial charge in [-0.05, 0) is 36.6 Å². The predicted octanol–water partition coefficient (Wildman–Crippen LogP) is 5.40. The number of aryl methyl sites for hydroxylation is 1.